The second kappa shape index (κ2) is 5.72. The summed E-state index contributed by atoms with van der Waals surface area (Å²) < 4.78 is 0. The van der Waals surface area contributed by atoms with E-state index in [9.17, 15) is 4.79 Å². The smallest absolute Gasteiger partial charge is 0.249 e. The highest BCUT2D eigenvalue weighted by Crippen LogP contribution is 2.34. The second-order valence-corrected chi connectivity index (χ2v) is 5.17. The van der Waals surface area contributed by atoms with E-state index in [2.05, 4.69) is 4.84 Å². The maximum absolute atomic E-state index is 12.5. The Kier molecular flexibility index (Phi) is 3.78. The van der Waals surface area contributed by atoms with Crippen molar-refractivity contribution in [2.75, 3.05) is 11.9 Å². The van der Waals surface area contributed by atoms with Crippen molar-refractivity contribution in [1.82, 2.24) is 4.84 Å². The molecule has 21 heavy (non-hydrogen) atoms. The van der Waals surface area contributed by atoms with Crippen molar-refractivity contribution < 1.29 is 4.79 Å². The summed E-state index contributed by atoms with van der Waals surface area (Å²) in [4.78, 5) is 16.7. The molecule has 106 valence electrons. The summed E-state index contributed by atoms with van der Waals surface area (Å²) in [6, 6.07) is 17.3. The Bertz CT molecular complexity index is 697. The van der Waals surface area contributed by atoms with E-state index in [1.807, 2.05) is 60.7 Å². The molecule has 0 saturated heterocycles. The highest BCUT2D eigenvalue weighted by molar-refractivity contribution is 6.17. The van der Waals surface area contributed by atoms with Crippen LogP contribution in [0.5, 0.6) is 0 Å². The van der Waals surface area contributed by atoms with E-state index in [0.29, 0.717) is 0 Å². The number of anilines is 1. The van der Waals surface area contributed by atoms with Crippen LogP contribution in [-0.4, -0.2) is 19.0 Å². The van der Waals surface area contributed by atoms with Crippen molar-refractivity contribution in [3.8, 4) is 0 Å². The topological polar surface area (TPSA) is 32.3 Å². The number of benzene rings is 2. The van der Waals surface area contributed by atoms with Crippen molar-refractivity contribution in [3.63, 3.8) is 0 Å². The van der Waals surface area contributed by atoms with Crippen molar-refractivity contribution in [3.05, 3.63) is 71.8 Å². The first-order chi connectivity index (χ1) is 10.2. The molecule has 1 unspecified atom stereocenters. The van der Waals surface area contributed by atoms with Crippen molar-refractivity contribution in [1.29, 1.82) is 0 Å². The normalized spacial score (nSPS) is 18.0. The number of nitrogens with one attached hydrogen (secondary N) is 1. The largest absolute Gasteiger partial charge is 0.313 e. The standard InChI is InChI=1S/C17H15ClN2O/c1-20-16-10-6-5-9-13(16)14(11-15(19-18)17(20)21)12-7-3-2-4-8-12/h2-11,15,19H,1H3. The van der Waals surface area contributed by atoms with Gasteiger partial charge in [-0.05, 0) is 35.1 Å². The molecule has 0 radical (unpaired) electrons. The molecular weight excluding hydrogens is 284 g/mol. The Balaban J connectivity index is 2.24. The van der Waals surface area contributed by atoms with Crippen LogP contribution in [0.4, 0.5) is 5.69 Å². The monoisotopic (exact) mass is 298 g/mol. The summed E-state index contributed by atoms with van der Waals surface area (Å²) in [5, 5.41) is 0. The van der Waals surface area contributed by atoms with Crippen molar-refractivity contribution in [2.45, 2.75) is 6.04 Å². The van der Waals surface area contributed by atoms with Gasteiger partial charge in [-0.3, -0.25) is 4.79 Å². The lowest BCUT2D eigenvalue weighted by atomic mass is 9.96. The van der Waals surface area contributed by atoms with E-state index in [1.165, 1.54) is 0 Å². The first-order valence-corrected chi connectivity index (χ1v) is 7.10. The van der Waals surface area contributed by atoms with Crippen LogP contribution < -0.4 is 9.74 Å². The van der Waals surface area contributed by atoms with E-state index in [-0.39, 0.29) is 5.91 Å². The summed E-state index contributed by atoms with van der Waals surface area (Å²) >= 11 is 5.77. The molecule has 4 heteroatoms. The number of carbonyl (C=O) groups is 1. The van der Waals surface area contributed by atoms with E-state index < -0.39 is 6.04 Å². The van der Waals surface area contributed by atoms with Crippen LogP contribution >= 0.6 is 11.8 Å². The van der Waals surface area contributed by atoms with Gasteiger partial charge in [-0.25, -0.2) is 4.84 Å². The van der Waals surface area contributed by atoms with Gasteiger partial charge in [0.2, 0.25) is 5.91 Å². The van der Waals surface area contributed by atoms with Crippen LogP contribution in [0.2, 0.25) is 0 Å². The van der Waals surface area contributed by atoms with Gasteiger partial charge in [0.15, 0.2) is 0 Å². The molecule has 0 aromatic heterocycles. The Hall–Kier alpha value is -2.10. The number of nitrogens with zero attached hydrogens (tertiary/aromatic N) is 1. The molecule has 1 amide bonds. The van der Waals surface area contributed by atoms with Gasteiger partial charge in [-0.15, -0.1) is 0 Å². The summed E-state index contributed by atoms with van der Waals surface area (Å²) in [5.41, 5.74) is 3.97. The third-order valence-electron chi connectivity index (χ3n) is 3.69. The van der Waals surface area contributed by atoms with Gasteiger partial charge in [0.25, 0.3) is 0 Å². The number of hydrogen-bond acceptors (Lipinski definition) is 2. The van der Waals surface area contributed by atoms with Gasteiger partial charge >= 0.3 is 0 Å². The lowest BCUT2D eigenvalue weighted by Gasteiger charge is -2.20. The quantitative estimate of drug-likeness (QED) is 0.864. The maximum Gasteiger partial charge on any atom is 0.249 e. The number of hydrogen-bond donors (Lipinski definition) is 1. The van der Waals surface area contributed by atoms with Gasteiger partial charge < -0.3 is 4.90 Å². The predicted molar refractivity (Wildman–Crippen MR) is 86.1 cm³/mol. The van der Waals surface area contributed by atoms with Gasteiger partial charge in [0.1, 0.15) is 6.04 Å². The van der Waals surface area contributed by atoms with E-state index in [1.54, 1.807) is 11.9 Å². The van der Waals surface area contributed by atoms with E-state index >= 15 is 0 Å². The molecule has 0 aliphatic carbocycles. The zero-order valence-electron chi connectivity index (χ0n) is 11.6. The number of rotatable bonds is 2. The van der Waals surface area contributed by atoms with Gasteiger partial charge in [-0.2, -0.15) is 0 Å². The Morgan fingerprint density at radius 1 is 1.05 bits per heavy atom. The fourth-order valence-corrected chi connectivity index (χ4v) is 2.75. The Morgan fingerprint density at radius 3 is 2.43 bits per heavy atom. The Morgan fingerprint density at radius 2 is 1.71 bits per heavy atom. The molecule has 1 atom stereocenters. The lowest BCUT2D eigenvalue weighted by molar-refractivity contribution is -0.118. The number of likely N-dealkylation sites (N-methyl/N-ethyl adjacent to an activating group) is 1. The molecule has 0 saturated carbocycles. The van der Waals surface area contributed by atoms with Gasteiger partial charge in [0.05, 0.1) is 5.69 Å². The lowest BCUT2D eigenvalue weighted by Crippen LogP contribution is -2.40. The molecule has 2 aromatic carbocycles. The van der Waals surface area contributed by atoms with Gasteiger partial charge in [-0.1, -0.05) is 48.5 Å². The number of fused-ring (bicyclic) bond motifs is 1. The summed E-state index contributed by atoms with van der Waals surface area (Å²) in [7, 11) is 1.77. The fourth-order valence-electron chi connectivity index (χ4n) is 2.60. The third kappa shape index (κ3) is 2.46. The first-order valence-electron chi connectivity index (χ1n) is 6.72. The Labute approximate surface area is 129 Å². The summed E-state index contributed by atoms with van der Waals surface area (Å²) in [5.74, 6) is -0.0802. The van der Waals surface area contributed by atoms with Crippen LogP contribution in [-0.2, 0) is 4.79 Å². The first kappa shape index (κ1) is 13.9. The van der Waals surface area contributed by atoms with Gasteiger partial charge in [0, 0.05) is 12.6 Å². The maximum atomic E-state index is 12.5. The molecule has 1 aliphatic heterocycles. The molecule has 0 fully saturated rings. The van der Waals surface area contributed by atoms with Crippen LogP contribution in [0.15, 0.2) is 60.7 Å². The minimum Gasteiger partial charge on any atom is -0.313 e. The summed E-state index contributed by atoms with van der Waals surface area (Å²) in [6.07, 6.45) is 1.88. The minimum absolute atomic E-state index is 0.0802. The molecule has 3 rings (SSSR count). The SMILES string of the molecule is CN1C(=O)C(NCl)C=C(c2ccccc2)c2ccccc21. The average Bonchev–Trinajstić information content (AvgIpc) is 2.65. The average molecular weight is 299 g/mol. The molecule has 1 N–H and O–H groups in total. The second-order valence-electron chi connectivity index (χ2n) is 4.95. The number of amides is 1. The minimum atomic E-state index is -0.556. The molecule has 3 nitrogen and oxygen atoms in total. The number of para-hydroxylation sites is 1. The van der Waals surface area contributed by atoms with Crippen molar-refractivity contribution >= 4 is 28.9 Å². The summed E-state index contributed by atoms with van der Waals surface area (Å²) in [6.45, 7) is 0. The number of halogens is 1. The highest BCUT2D eigenvalue weighted by atomic mass is 35.5. The van der Waals surface area contributed by atoms with Crippen LogP contribution in [0.3, 0.4) is 0 Å². The van der Waals surface area contributed by atoms with E-state index in [4.69, 9.17) is 11.8 Å². The van der Waals surface area contributed by atoms with Crippen LogP contribution in [0, 0.1) is 0 Å². The third-order valence-corrected chi connectivity index (χ3v) is 3.92. The highest BCUT2D eigenvalue weighted by Gasteiger charge is 2.27. The fraction of sp³-hybridized carbons (Fsp3) is 0.118. The molecule has 2 aromatic rings. The zero-order chi connectivity index (χ0) is 14.8. The van der Waals surface area contributed by atoms with Crippen LogP contribution in [0.25, 0.3) is 5.57 Å². The molecule has 0 bridgehead atoms. The number of carbonyl (C=O) groups excluding carboxylic acids is 1. The van der Waals surface area contributed by atoms with Crippen LogP contribution in [0.1, 0.15) is 11.1 Å². The predicted octanol–water partition coefficient (Wildman–Crippen LogP) is 3.21. The molecule has 1 heterocycles. The van der Waals surface area contributed by atoms with E-state index in [0.717, 1.165) is 22.4 Å². The molecular formula is C17H15ClN2O. The zero-order valence-corrected chi connectivity index (χ0v) is 12.3. The molecule has 0 spiro atoms. The van der Waals surface area contributed by atoms with Crippen molar-refractivity contribution in [2.24, 2.45) is 0 Å². The molecule has 1 aliphatic rings.